The maximum absolute atomic E-state index is 12.4. The molecule has 0 radical (unpaired) electrons. The zero-order chi connectivity index (χ0) is 17.2. The van der Waals surface area contributed by atoms with Crippen molar-refractivity contribution in [2.24, 2.45) is 0 Å². The topological polar surface area (TPSA) is 45.7 Å². The predicted octanol–water partition coefficient (Wildman–Crippen LogP) is 4.23. The summed E-state index contributed by atoms with van der Waals surface area (Å²) >= 11 is 6.03. The summed E-state index contributed by atoms with van der Waals surface area (Å²) in [7, 11) is 1.80. The lowest BCUT2D eigenvalue weighted by molar-refractivity contribution is 0.0197. The Balaban J connectivity index is 2.20. The van der Waals surface area contributed by atoms with Crippen molar-refractivity contribution < 1.29 is 9.53 Å². The number of amides is 1. The molecular weight excluding hydrogens is 314 g/mol. The maximum atomic E-state index is 12.4. The zero-order valence-corrected chi connectivity index (χ0v) is 15.4. The first-order valence-corrected chi connectivity index (χ1v) is 8.41. The Bertz CT molecular complexity index is 571. The summed E-state index contributed by atoms with van der Waals surface area (Å²) in [6.45, 7) is 8.47. The fraction of sp³-hybridized carbons (Fsp3) is 0.647. The average molecular weight is 340 g/mol. The third-order valence-electron chi connectivity index (χ3n) is 3.93. The molecule has 5 nitrogen and oxygen atoms in total. The number of halogens is 1. The van der Waals surface area contributed by atoms with Gasteiger partial charge in [0, 0.05) is 13.6 Å². The van der Waals surface area contributed by atoms with Crippen LogP contribution in [0.15, 0.2) is 12.3 Å². The minimum absolute atomic E-state index is 0.0269. The fourth-order valence-electron chi connectivity index (χ4n) is 2.77. The number of aryl methyl sites for hydroxylation is 1. The van der Waals surface area contributed by atoms with Crippen molar-refractivity contribution in [3.63, 3.8) is 0 Å². The van der Waals surface area contributed by atoms with Crippen LogP contribution in [0.2, 0.25) is 5.15 Å². The van der Waals surface area contributed by atoms with Crippen LogP contribution < -0.4 is 4.90 Å². The lowest BCUT2D eigenvalue weighted by atomic mass is 10.1. The van der Waals surface area contributed by atoms with Gasteiger partial charge >= 0.3 is 6.09 Å². The van der Waals surface area contributed by atoms with Gasteiger partial charge in [-0.25, -0.2) is 9.78 Å². The van der Waals surface area contributed by atoms with Gasteiger partial charge in [-0.1, -0.05) is 11.6 Å². The van der Waals surface area contributed by atoms with Crippen LogP contribution in [-0.2, 0) is 4.74 Å². The molecule has 1 aliphatic rings. The van der Waals surface area contributed by atoms with Crippen molar-refractivity contribution in [2.75, 3.05) is 18.5 Å². The molecule has 0 spiro atoms. The summed E-state index contributed by atoms with van der Waals surface area (Å²) in [5, 5.41) is 0.516. The molecule has 0 aliphatic carbocycles. The monoisotopic (exact) mass is 339 g/mol. The van der Waals surface area contributed by atoms with E-state index in [1.807, 2.05) is 33.8 Å². The number of carbonyl (C=O) groups excluding carboxylic acids is 1. The second-order valence-corrected chi connectivity index (χ2v) is 7.42. The number of rotatable bonds is 2. The SMILES string of the molecule is Cc1cc(N2CCCCC2N(C)C(=O)OC(C)(C)C)cnc1Cl. The van der Waals surface area contributed by atoms with E-state index in [4.69, 9.17) is 16.3 Å². The van der Waals surface area contributed by atoms with E-state index in [0.717, 1.165) is 37.1 Å². The van der Waals surface area contributed by atoms with Gasteiger partial charge in [-0.15, -0.1) is 0 Å². The quantitative estimate of drug-likeness (QED) is 0.756. The van der Waals surface area contributed by atoms with Crippen LogP contribution in [-0.4, -0.2) is 41.3 Å². The average Bonchev–Trinajstić information content (AvgIpc) is 2.47. The number of hydrogen-bond acceptors (Lipinski definition) is 4. The Morgan fingerprint density at radius 3 is 2.74 bits per heavy atom. The standard InChI is InChI=1S/C17H26ClN3O2/c1-12-10-13(11-19-15(12)18)21-9-7-6-8-14(21)20(5)16(22)23-17(2,3)4/h10-11,14H,6-9H2,1-5H3. The highest BCUT2D eigenvalue weighted by atomic mass is 35.5. The Morgan fingerprint density at radius 1 is 1.43 bits per heavy atom. The molecule has 1 unspecified atom stereocenters. The summed E-state index contributed by atoms with van der Waals surface area (Å²) < 4.78 is 5.50. The summed E-state index contributed by atoms with van der Waals surface area (Å²) in [5.74, 6) is 0. The molecule has 6 heteroatoms. The Hall–Kier alpha value is -1.49. The van der Waals surface area contributed by atoms with Gasteiger partial charge in [-0.3, -0.25) is 4.90 Å². The number of ether oxygens (including phenoxy) is 1. The second-order valence-electron chi connectivity index (χ2n) is 7.06. The van der Waals surface area contributed by atoms with E-state index < -0.39 is 5.60 Å². The van der Waals surface area contributed by atoms with Crippen LogP contribution >= 0.6 is 11.6 Å². The van der Waals surface area contributed by atoms with Crippen LogP contribution in [0, 0.1) is 6.92 Å². The van der Waals surface area contributed by atoms with Crippen LogP contribution in [0.4, 0.5) is 10.5 Å². The summed E-state index contributed by atoms with van der Waals surface area (Å²) in [6.07, 6.45) is 4.55. The van der Waals surface area contributed by atoms with Crippen molar-refractivity contribution in [1.82, 2.24) is 9.88 Å². The molecular formula is C17H26ClN3O2. The number of hydrogen-bond donors (Lipinski definition) is 0. The van der Waals surface area contributed by atoms with Crippen LogP contribution in [0.3, 0.4) is 0 Å². The van der Waals surface area contributed by atoms with E-state index >= 15 is 0 Å². The summed E-state index contributed by atoms with van der Waals surface area (Å²) in [5.41, 5.74) is 1.43. The third-order valence-corrected chi connectivity index (χ3v) is 4.33. The number of pyridine rings is 1. The Labute approximate surface area is 143 Å². The Morgan fingerprint density at radius 2 is 2.13 bits per heavy atom. The van der Waals surface area contributed by atoms with Gasteiger partial charge in [-0.2, -0.15) is 0 Å². The van der Waals surface area contributed by atoms with Gasteiger partial charge in [-0.05, 0) is 58.6 Å². The predicted molar refractivity (Wildman–Crippen MR) is 93.0 cm³/mol. The first-order chi connectivity index (χ1) is 10.7. The third kappa shape index (κ3) is 4.50. The van der Waals surface area contributed by atoms with Crippen LogP contribution in [0.1, 0.15) is 45.6 Å². The molecule has 1 amide bonds. The first kappa shape index (κ1) is 17.9. The molecule has 0 saturated carbocycles. The van der Waals surface area contributed by atoms with Crippen molar-refractivity contribution >= 4 is 23.4 Å². The highest BCUT2D eigenvalue weighted by molar-refractivity contribution is 6.30. The molecule has 1 aliphatic heterocycles. The fourth-order valence-corrected chi connectivity index (χ4v) is 2.88. The smallest absolute Gasteiger partial charge is 0.411 e. The molecule has 0 aromatic carbocycles. The first-order valence-electron chi connectivity index (χ1n) is 8.03. The van der Waals surface area contributed by atoms with Gasteiger partial charge in [0.2, 0.25) is 0 Å². The molecule has 1 atom stereocenters. The van der Waals surface area contributed by atoms with E-state index in [0.29, 0.717) is 5.15 Å². The van der Waals surface area contributed by atoms with Crippen molar-refractivity contribution in [3.05, 3.63) is 23.0 Å². The van der Waals surface area contributed by atoms with Crippen molar-refractivity contribution in [1.29, 1.82) is 0 Å². The molecule has 2 rings (SSSR count). The highest BCUT2D eigenvalue weighted by Crippen LogP contribution is 2.28. The van der Waals surface area contributed by atoms with Gasteiger partial charge in [0.25, 0.3) is 0 Å². The molecule has 1 saturated heterocycles. The minimum atomic E-state index is -0.497. The minimum Gasteiger partial charge on any atom is -0.444 e. The molecule has 1 aromatic heterocycles. The van der Waals surface area contributed by atoms with Crippen molar-refractivity contribution in [2.45, 2.75) is 58.7 Å². The second kappa shape index (κ2) is 6.95. The summed E-state index contributed by atoms with van der Waals surface area (Å²) in [6, 6.07) is 2.02. The van der Waals surface area contributed by atoms with Gasteiger partial charge < -0.3 is 9.64 Å². The number of aromatic nitrogens is 1. The number of anilines is 1. The van der Waals surface area contributed by atoms with Crippen molar-refractivity contribution in [3.8, 4) is 0 Å². The molecule has 0 N–H and O–H groups in total. The van der Waals surface area contributed by atoms with E-state index in [2.05, 4.69) is 9.88 Å². The number of nitrogens with zero attached hydrogens (tertiary/aromatic N) is 3. The summed E-state index contributed by atoms with van der Waals surface area (Å²) in [4.78, 5) is 20.5. The van der Waals surface area contributed by atoms with E-state index in [1.165, 1.54) is 0 Å². The molecule has 1 aromatic rings. The van der Waals surface area contributed by atoms with Crippen LogP contribution in [0.25, 0.3) is 0 Å². The zero-order valence-electron chi connectivity index (χ0n) is 14.6. The molecule has 2 heterocycles. The lowest BCUT2D eigenvalue weighted by Crippen LogP contribution is -2.52. The molecule has 23 heavy (non-hydrogen) atoms. The normalized spacial score (nSPS) is 18.7. The largest absolute Gasteiger partial charge is 0.444 e. The van der Waals surface area contributed by atoms with Gasteiger partial charge in [0.15, 0.2) is 0 Å². The number of carbonyl (C=O) groups is 1. The Kier molecular flexibility index (Phi) is 5.40. The highest BCUT2D eigenvalue weighted by Gasteiger charge is 2.31. The maximum Gasteiger partial charge on any atom is 0.411 e. The molecule has 0 bridgehead atoms. The molecule has 128 valence electrons. The number of piperidine rings is 1. The van der Waals surface area contributed by atoms with Gasteiger partial charge in [0.05, 0.1) is 11.9 Å². The van der Waals surface area contributed by atoms with E-state index in [9.17, 15) is 4.79 Å². The lowest BCUT2D eigenvalue weighted by Gasteiger charge is -2.42. The van der Waals surface area contributed by atoms with Gasteiger partial charge in [0.1, 0.15) is 16.9 Å². The van der Waals surface area contributed by atoms with Crippen LogP contribution in [0.5, 0.6) is 0 Å². The van der Waals surface area contributed by atoms with E-state index in [1.54, 1.807) is 18.1 Å². The van der Waals surface area contributed by atoms with E-state index in [-0.39, 0.29) is 12.3 Å². The molecule has 1 fully saturated rings.